The molecule has 2 heteroatoms. The van der Waals surface area contributed by atoms with Crippen LogP contribution in [0.3, 0.4) is 0 Å². The summed E-state index contributed by atoms with van der Waals surface area (Å²) in [6.45, 7) is 2.25. The minimum Gasteiger partial charge on any atom is -0.369 e. The molecule has 1 unspecified atom stereocenters. The fourth-order valence-electron chi connectivity index (χ4n) is 2.51. The Bertz CT molecular complexity index is 357. The fourth-order valence-corrected chi connectivity index (χ4v) is 2.51. The second kappa shape index (κ2) is 3.53. The third kappa shape index (κ3) is 1.86. The second-order valence-electron chi connectivity index (χ2n) is 4.94. The molecular formula is C13H18N2. The maximum absolute atomic E-state index is 6.09. The average Bonchev–Trinajstić information content (AvgIpc) is 3.01. The highest BCUT2D eigenvalue weighted by Gasteiger charge is 2.28. The van der Waals surface area contributed by atoms with Gasteiger partial charge in [-0.15, -0.1) is 0 Å². The Balaban J connectivity index is 1.87. The minimum absolute atomic E-state index is 0.318. The molecular weight excluding hydrogens is 184 g/mol. The normalized spacial score (nSPS) is 25.1. The van der Waals surface area contributed by atoms with Crippen molar-refractivity contribution in [2.24, 2.45) is 11.7 Å². The molecule has 1 aliphatic carbocycles. The van der Waals surface area contributed by atoms with Gasteiger partial charge in [-0.3, -0.25) is 0 Å². The van der Waals surface area contributed by atoms with Crippen LogP contribution >= 0.6 is 0 Å². The molecule has 1 saturated carbocycles. The molecule has 0 amide bonds. The van der Waals surface area contributed by atoms with Gasteiger partial charge >= 0.3 is 0 Å². The number of nitrogens with zero attached hydrogens (tertiary/aromatic N) is 1. The Kier molecular flexibility index (Phi) is 2.17. The van der Waals surface area contributed by atoms with Gasteiger partial charge in [0.1, 0.15) is 0 Å². The lowest BCUT2D eigenvalue weighted by atomic mass is 9.98. The Labute approximate surface area is 91.1 Å². The molecule has 2 N–H and O–H groups in total. The lowest BCUT2D eigenvalue weighted by Gasteiger charge is -2.34. The van der Waals surface area contributed by atoms with E-state index in [1.807, 2.05) is 0 Å². The molecule has 3 rings (SSSR count). The lowest BCUT2D eigenvalue weighted by Crippen LogP contribution is -2.44. The molecule has 80 valence electrons. The van der Waals surface area contributed by atoms with E-state index in [0.717, 1.165) is 18.9 Å². The van der Waals surface area contributed by atoms with Gasteiger partial charge in [-0.2, -0.15) is 0 Å². The summed E-state index contributed by atoms with van der Waals surface area (Å²) in [5, 5.41) is 0. The van der Waals surface area contributed by atoms with E-state index in [9.17, 15) is 0 Å². The van der Waals surface area contributed by atoms with Crippen LogP contribution in [0.25, 0.3) is 0 Å². The molecule has 1 aliphatic heterocycles. The highest BCUT2D eigenvalue weighted by Crippen LogP contribution is 2.34. The van der Waals surface area contributed by atoms with Crippen LogP contribution in [-0.2, 0) is 6.42 Å². The summed E-state index contributed by atoms with van der Waals surface area (Å²) in [5.74, 6) is 0.934. The smallest absolute Gasteiger partial charge is 0.0399 e. The van der Waals surface area contributed by atoms with E-state index in [4.69, 9.17) is 5.73 Å². The van der Waals surface area contributed by atoms with Crippen molar-refractivity contribution in [1.82, 2.24) is 0 Å². The number of nitrogens with two attached hydrogens (primary N) is 1. The number of rotatable bonds is 2. The van der Waals surface area contributed by atoms with Crippen molar-refractivity contribution in [3.63, 3.8) is 0 Å². The highest BCUT2D eigenvalue weighted by atomic mass is 15.2. The van der Waals surface area contributed by atoms with Crippen molar-refractivity contribution in [3.8, 4) is 0 Å². The Morgan fingerprint density at radius 2 is 2.07 bits per heavy atom. The van der Waals surface area contributed by atoms with Gasteiger partial charge in [0.25, 0.3) is 0 Å². The molecule has 1 fully saturated rings. The van der Waals surface area contributed by atoms with Gasteiger partial charge in [-0.1, -0.05) is 18.2 Å². The van der Waals surface area contributed by atoms with Gasteiger partial charge in [-0.25, -0.2) is 0 Å². The van der Waals surface area contributed by atoms with Crippen molar-refractivity contribution >= 4 is 5.69 Å². The van der Waals surface area contributed by atoms with Gasteiger partial charge in [-0.05, 0) is 36.8 Å². The lowest BCUT2D eigenvalue weighted by molar-refractivity contribution is 0.585. The largest absolute Gasteiger partial charge is 0.369 e. The van der Waals surface area contributed by atoms with Crippen LogP contribution in [-0.4, -0.2) is 19.1 Å². The molecule has 0 saturated heterocycles. The predicted octanol–water partition coefficient (Wildman–Crippen LogP) is 1.79. The SMILES string of the molecule is NC1Cc2ccccc2N(CC2CC2)C1. The molecule has 2 nitrogen and oxygen atoms in total. The monoisotopic (exact) mass is 202 g/mol. The second-order valence-corrected chi connectivity index (χ2v) is 4.94. The van der Waals surface area contributed by atoms with Crippen LogP contribution in [0.4, 0.5) is 5.69 Å². The Hall–Kier alpha value is -1.02. The topological polar surface area (TPSA) is 29.3 Å². The standard InChI is InChI=1S/C13H18N2/c14-12-7-11-3-1-2-4-13(11)15(9-12)8-10-5-6-10/h1-4,10,12H,5-9,14H2. The van der Waals surface area contributed by atoms with Crippen LogP contribution in [0.1, 0.15) is 18.4 Å². The summed E-state index contributed by atoms with van der Waals surface area (Å²) < 4.78 is 0. The maximum Gasteiger partial charge on any atom is 0.0399 e. The number of hydrogen-bond acceptors (Lipinski definition) is 2. The molecule has 1 heterocycles. The van der Waals surface area contributed by atoms with Crippen molar-refractivity contribution < 1.29 is 0 Å². The van der Waals surface area contributed by atoms with E-state index in [-0.39, 0.29) is 0 Å². The summed E-state index contributed by atoms with van der Waals surface area (Å²) in [7, 11) is 0. The highest BCUT2D eigenvalue weighted by molar-refractivity contribution is 5.56. The van der Waals surface area contributed by atoms with E-state index in [0.29, 0.717) is 6.04 Å². The minimum atomic E-state index is 0.318. The zero-order valence-electron chi connectivity index (χ0n) is 9.02. The molecule has 15 heavy (non-hydrogen) atoms. The van der Waals surface area contributed by atoms with E-state index in [2.05, 4.69) is 29.2 Å². The summed E-state index contributed by atoms with van der Waals surface area (Å²) in [5.41, 5.74) is 8.94. The Morgan fingerprint density at radius 3 is 2.87 bits per heavy atom. The molecule has 1 aromatic rings. The fraction of sp³-hybridized carbons (Fsp3) is 0.538. The first-order valence-corrected chi connectivity index (χ1v) is 5.91. The molecule has 0 spiro atoms. The summed E-state index contributed by atoms with van der Waals surface area (Å²) in [4.78, 5) is 2.49. The molecule has 1 atom stereocenters. The first-order chi connectivity index (χ1) is 7.33. The number of para-hydroxylation sites is 1. The zero-order chi connectivity index (χ0) is 10.3. The van der Waals surface area contributed by atoms with E-state index in [1.54, 1.807) is 0 Å². The third-order valence-corrected chi connectivity index (χ3v) is 3.44. The number of hydrogen-bond donors (Lipinski definition) is 1. The third-order valence-electron chi connectivity index (χ3n) is 3.44. The van der Waals surface area contributed by atoms with Gasteiger partial charge in [0.15, 0.2) is 0 Å². The molecule has 0 radical (unpaired) electrons. The van der Waals surface area contributed by atoms with Crippen LogP contribution in [0.15, 0.2) is 24.3 Å². The van der Waals surface area contributed by atoms with Crippen molar-refractivity contribution in [1.29, 1.82) is 0 Å². The van der Waals surface area contributed by atoms with Crippen LogP contribution in [0.2, 0.25) is 0 Å². The van der Waals surface area contributed by atoms with Gasteiger partial charge in [0.2, 0.25) is 0 Å². The van der Waals surface area contributed by atoms with Crippen molar-refractivity contribution in [2.75, 3.05) is 18.0 Å². The molecule has 0 bridgehead atoms. The van der Waals surface area contributed by atoms with E-state index >= 15 is 0 Å². The summed E-state index contributed by atoms with van der Waals surface area (Å²) in [6, 6.07) is 9.03. The summed E-state index contributed by atoms with van der Waals surface area (Å²) in [6.07, 6.45) is 3.86. The van der Waals surface area contributed by atoms with Crippen molar-refractivity contribution in [2.45, 2.75) is 25.3 Å². The van der Waals surface area contributed by atoms with Crippen LogP contribution < -0.4 is 10.6 Å². The number of benzene rings is 1. The van der Waals surface area contributed by atoms with Crippen LogP contribution in [0.5, 0.6) is 0 Å². The number of fused-ring (bicyclic) bond motifs is 1. The van der Waals surface area contributed by atoms with E-state index in [1.165, 1.54) is 30.6 Å². The van der Waals surface area contributed by atoms with Crippen molar-refractivity contribution in [3.05, 3.63) is 29.8 Å². The predicted molar refractivity (Wildman–Crippen MR) is 63.1 cm³/mol. The molecule has 1 aromatic carbocycles. The van der Waals surface area contributed by atoms with Crippen LogP contribution in [0, 0.1) is 5.92 Å². The molecule has 2 aliphatic rings. The quantitative estimate of drug-likeness (QED) is 0.792. The number of anilines is 1. The Morgan fingerprint density at radius 1 is 1.27 bits per heavy atom. The zero-order valence-corrected chi connectivity index (χ0v) is 9.02. The van der Waals surface area contributed by atoms with E-state index < -0.39 is 0 Å². The molecule has 0 aromatic heterocycles. The first kappa shape index (κ1) is 9.22. The first-order valence-electron chi connectivity index (χ1n) is 5.91. The average molecular weight is 202 g/mol. The summed E-state index contributed by atoms with van der Waals surface area (Å²) >= 11 is 0. The van der Waals surface area contributed by atoms with Gasteiger partial charge in [0.05, 0.1) is 0 Å². The van der Waals surface area contributed by atoms with Gasteiger partial charge < -0.3 is 10.6 Å². The maximum atomic E-state index is 6.09. The van der Waals surface area contributed by atoms with Gasteiger partial charge in [0, 0.05) is 24.8 Å².